The van der Waals surface area contributed by atoms with Gasteiger partial charge in [0, 0.05) is 31.9 Å². The minimum Gasteiger partial charge on any atom is -0.392 e. The first-order valence-corrected chi connectivity index (χ1v) is 8.28. The Morgan fingerprint density at radius 1 is 1.48 bits per heavy atom. The monoisotopic (exact) mass is 320 g/mol. The summed E-state index contributed by atoms with van der Waals surface area (Å²) < 4.78 is 0. The third-order valence-electron chi connectivity index (χ3n) is 4.32. The van der Waals surface area contributed by atoms with E-state index in [-0.39, 0.29) is 12.1 Å². The molecule has 1 fully saturated rings. The molecule has 1 unspecified atom stereocenters. The number of amides is 2. The highest BCUT2D eigenvalue weighted by Crippen LogP contribution is 2.15. The molecule has 1 aromatic rings. The van der Waals surface area contributed by atoms with Crippen LogP contribution in [0.4, 0.5) is 4.79 Å². The van der Waals surface area contributed by atoms with Gasteiger partial charge in [-0.3, -0.25) is 4.98 Å². The molecule has 1 aliphatic heterocycles. The molecule has 6 heteroatoms. The summed E-state index contributed by atoms with van der Waals surface area (Å²) >= 11 is 0. The molecule has 2 heterocycles. The molecule has 0 bridgehead atoms. The van der Waals surface area contributed by atoms with Gasteiger partial charge in [-0.05, 0) is 45.4 Å². The van der Waals surface area contributed by atoms with Gasteiger partial charge in [0.25, 0.3) is 0 Å². The van der Waals surface area contributed by atoms with Crippen LogP contribution in [0.5, 0.6) is 0 Å². The summed E-state index contributed by atoms with van der Waals surface area (Å²) in [7, 11) is 2.04. The molecule has 2 N–H and O–H groups in total. The molecule has 1 aromatic heterocycles. The number of urea groups is 1. The lowest BCUT2D eigenvalue weighted by atomic mass is 10.0. The molecular formula is C17H28N4O2. The SMILES string of the molecule is Cc1ccc(CNC(=O)N2CCC(N(C)CC(C)O)CC2)nc1. The maximum Gasteiger partial charge on any atom is 0.317 e. The van der Waals surface area contributed by atoms with E-state index in [9.17, 15) is 9.90 Å². The number of rotatable bonds is 5. The Bertz CT molecular complexity index is 496. The lowest BCUT2D eigenvalue weighted by molar-refractivity contribution is 0.0874. The Kier molecular flexibility index (Phi) is 6.36. The van der Waals surface area contributed by atoms with Crippen LogP contribution in [-0.4, -0.2) is 64.7 Å². The first-order valence-electron chi connectivity index (χ1n) is 8.28. The van der Waals surface area contributed by atoms with Crippen LogP contribution >= 0.6 is 0 Å². The van der Waals surface area contributed by atoms with Crippen molar-refractivity contribution < 1.29 is 9.90 Å². The van der Waals surface area contributed by atoms with Crippen molar-refractivity contribution in [2.75, 3.05) is 26.7 Å². The number of nitrogens with zero attached hydrogens (tertiary/aromatic N) is 3. The summed E-state index contributed by atoms with van der Waals surface area (Å²) in [5.74, 6) is 0. The van der Waals surface area contributed by atoms with Crippen molar-refractivity contribution in [3.05, 3.63) is 29.6 Å². The molecule has 0 spiro atoms. The van der Waals surface area contributed by atoms with Crippen molar-refractivity contribution in [1.82, 2.24) is 20.1 Å². The molecule has 2 amide bonds. The molecular weight excluding hydrogens is 292 g/mol. The highest BCUT2D eigenvalue weighted by molar-refractivity contribution is 5.74. The minimum atomic E-state index is -0.316. The highest BCUT2D eigenvalue weighted by Gasteiger charge is 2.25. The van der Waals surface area contributed by atoms with E-state index >= 15 is 0 Å². The van der Waals surface area contributed by atoms with E-state index < -0.39 is 0 Å². The molecule has 0 aromatic carbocycles. The standard InChI is InChI=1S/C17H28N4O2/c1-13-4-5-15(18-10-13)11-19-17(23)21-8-6-16(7-9-21)20(3)12-14(2)22/h4-5,10,14,16,22H,6-9,11-12H2,1-3H3,(H,19,23). The van der Waals surface area contributed by atoms with Crippen LogP contribution < -0.4 is 5.32 Å². The number of likely N-dealkylation sites (tertiary alicyclic amines) is 1. The third-order valence-corrected chi connectivity index (χ3v) is 4.32. The molecule has 6 nitrogen and oxygen atoms in total. The van der Waals surface area contributed by atoms with E-state index in [1.165, 1.54) is 0 Å². The second-order valence-corrected chi connectivity index (χ2v) is 6.49. The van der Waals surface area contributed by atoms with E-state index in [1.54, 1.807) is 6.92 Å². The second kappa shape index (κ2) is 8.26. The van der Waals surface area contributed by atoms with Crippen LogP contribution in [0.1, 0.15) is 31.0 Å². The zero-order valence-corrected chi connectivity index (χ0v) is 14.3. The van der Waals surface area contributed by atoms with Crippen molar-refractivity contribution in [2.45, 2.75) is 45.4 Å². The van der Waals surface area contributed by atoms with Crippen molar-refractivity contribution in [3.8, 4) is 0 Å². The van der Waals surface area contributed by atoms with Crippen LogP contribution in [0, 0.1) is 6.92 Å². The van der Waals surface area contributed by atoms with Gasteiger partial charge >= 0.3 is 6.03 Å². The van der Waals surface area contributed by atoms with Gasteiger partial charge in [-0.1, -0.05) is 6.07 Å². The average molecular weight is 320 g/mol. The molecule has 1 aliphatic rings. The van der Waals surface area contributed by atoms with Gasteiger partial charge in [0.05, 0.1) is 18.3 Å². The summed E-state index contributed by atoms with van der Waals surface area (Å²) in [5.41, 5.74) is 1.99. The smallest absolute Gasteiger partial charge is 0.317 e. The van der Waals surface area contributed by atoms with Gasteiger partial charge in [-0.2, -0.15) is 0 Å². The summed E-state index contributed by atoms with van der Waals surface area (Å²) in [6.45, 7) is 6.44. The molecule has 0 radical (unpaired) electrons. The van der Waals surface area contributed by atoms with Gasteiger partial charge in [-0.15, -0.1) is 0 Å². The number of pyridine rings is 1. The zero-order chi connectivity index (χ0) is 16.8. The first-order chi connectivity index (χ1) is 11.0. The van der Waals surface area contributed by atoms with Crippen LogP contribution in [0.3, 0.4) is 0 Å². The fourth-order valence-corrected chi connectivity index (χ4v) is 2.96. The summed E-state index contributed by atoms with van der Waals surface area (Å²) in [6.07, 6.45) is 3.38. The van der Waals surface area contributed by atoms with Gasteiger partial charge < -0.3 is 20.2 Å². The number of aryl methyl sites for hydroxylation is 1. The largest absolute Gasteiger partial charge is 0.392 e. The van der Waals surface area contributed by atoms with Crippen molar-refractivity contribution in [1.29, 1.82) is 0 Å². The molecule has 1 saturated heterocycles. The molecule has 0 saturated carbocycles. The quantitative estimate of drug-likeness (QED) is 0.860. The average Bonchev–Trinajstić information content (AvgIpc) is 2.53. The number of aliphatic hydroxyl groups is 1. The normalized spacial score (nSPS) is 17.3. The summed E-state index contributed by atoms with van der Waals surface area (Å²) in [4.78, 5) is 20.6. The number of hydrogen-bond donors (Lipinski definition) is 2. The van der Waals surface area contributed by atoms with Crippen LogP contribution in [-0.2, 0) is 6.54 Å². The van der Waals surface area contributed by atoms with Crippen molar-refractivity contribution in [3.63, 3.8) is 0 Å². The fraction of sp³-hybridized carbons (Fsp3) is 0.647. The Morgan fingerprint density at radius 2 is 2.17 bits per heavy atom. The topological polar surface area (TPSA) is 68.7 Å². The molecule has 1 atom stereocenters. The maximum absolute atomic E-state index is 12.2. The number of likely N-dealkylation sites (N-methyl/N-ethyl adjacent to an activating group) is 1. The molecule has 23 heavy (non-hydrogen) atoms. The van der Waals surface area contributed by atoms with Gasteiger partial charge in [0.1, 0.15) is 0 Å². The van der Waals surface area contributed by atoms with E-state index in [0.717, 1.165) is 37.2 Å². The van der Waals surface area contributed by atoms with E-state index in [1.807, 2.05) is 37.2 Å². The van der Waals surface area contributed by atoms with Crippen LogP contribution in [0.15, 0.2) is 18.3 Å². The Labute approximate surface area is 138 Å². The van der Waals surface area contributed by atoms with E-state index in [2.05, 4.69) is 15.2 Å². The van der Waals surface area contributed by atoms with E-state index in [0.29, 0.717) is 19.1 Å². The number of nitrogens with one attached hydrogen (secondary N) is 1. The fourth-order valence-electron chi connectivity index (χ4n) is 2.96. The highest BCUT2D eigenvalue weighted by atomic mass is 16.3. The molecule has 128 valence electrons. The number of aliphatic hydroxyl groups excluding tert-OH is 1. The number of hydrogen-bond acceptors (Lipinski definition) is 4. The minimum absolute atomic E-state index is 0.0241. The first kappa shape index (κ1) is 17.7. The summed E-state index contributed by atoms with van der Waals surface area (Å²) in [5, 5.41) is 12.4. The van der Waals surface area contributed by atoms with Gasteiger partial charge in [0.15, 0.2) is 0 Å². The number of piperidine rings is 1. The molecule has 2 rings (SSSR count). The number of aromatic nitrogens is 1. The number of carbonyl (C=O) groups is 1. The predicted octanol–water partition coefficient (Wildman–Crippen LogP) is 1.38. The Hall–Kier alpha value is -1.66. The second-order valence-electron chi connectivity index (χ2n) is 6.49. The number of carbonyl (C=O) groups excluding carboxylic acids is 1. The van der Waals surface area contributed by atoms with Gasteiger partial charge in [0.2, 0.25) is 0 Å². The summed E-state index contributed by atoms with van der Waals surface area (Å²) in [6, 6.07) is 4.35. The van der Waals surface area contributed by atoms with Gasteiger partial charge in [-0.25, -0.2) is 4.79 Å². The van der Waals surface area contributed by atoms with Crippen LogP contribution in [0.25, 0.3) is 0 Å². The van der Waals surface area contributed by atoms with Crippen molar-refractivity contribution >= 4 is 6.03 Å². The van der Waals surface area contributed by atoms with Crippen molar-refractivity contribution in [2.24, 2.45) is 0 Å². The predicted molar refractivity (Wildman–Crippen MR) is 90.1 cm³/mol. The third kappa shape index (κ3) is 5.48. The lowest BCUT2D eigenvalue weighted by Gasteiger charge is -2.37. The lowest BCUT2D eigenvalue weighted by Crippen LogP contribution is -2.49. The van der Waals surface area contributed by atoms with E-state index in [4.69, 9.17) is 0 Å². The zero-order valence-electron chi connectivity index (χ0n) is 14.3. The Morgan fingerprint density at radius 3 is 2.74 bits per heavy atom. The molecule has 0 aliphatic carbocycles. The Balaban J connectivity index is 1.74. The van der Waals surface area contributed by atoms with Crippen LogP contribution in [0.2, 0.25) is 0 Å². The maximum atomic E-state index is 12.2.